The van der Waals surface area contributed by atoms with Gasteiger partial charge in [-0.05, 0) is 23.2 Å². The fourth-order valence-corrected chi connectivity index (χ4v) is 0.446. The molecule has 0 aliphatic rings. The standard InChI is InChI=1S/C3Cl3F4/c4-1(2(5,7)8)3(6,9)10. The summed E-state index contributed by atoms with van der Waals surface area (Å²) < 4.78 is 46.6. The van der Waals surface area contributed by atoms with Crippen LogP contribution in [0.2, 0.25) is 0 Å². The molecule has 0 N–H and O–H groups in total. The summed E-state index contributed by atoms with van der Waals surface area (Å²) in [6, 6.07) is 0. The molecule has 0 aromatic rings. The largest absolute Gasteiger partial charge is 0.350 e. The first kappa shape index (κ1) is 10.6. The molecule has 0 fully saturated rings. The first-order valence-corrected chi connectivity index (χ1v) is 2.96. The lowest BCUT2D eigenvalue weighted by molar-refractivity contribution is 0.0375. The third kappa shape index (κ3) is 3.12. The highest BCUT2D eigenvalue weighted by Crippen LogP contribution is 2.46. The molecule has 0 heterocycles. The van der Waals surface area contributed by atoms with Crippen molar-refractivity contribution in [2.45, 2.75) is 10.8 Å². The van der Waals surface area contributed by atoms with E-state index in [1.165, 1.54) is 0 Å². The van der Waals surface area contributed by atoms with E-state index in [2.05, 4.69) is 34.8 Å². The van der Waals surface area contributed by atoms with Crippen LogP contribution in [0.1, 0.15) is 0 Å². The van der Waals surface area contributed by atoms with Crippen molar-refractivity contribution >= 4 is 34.8 Å². The molecule has 0 aromatic carbocycles. The maximum atomic E-state index is 11.6. The zero-order valence-electron chi connectivity index (χ0n) is 4.15. The summed E-state index contributed by atoms with van der Waals surface area (Å²) in [4.78, 5) is 0. The summed E-state index contributed by atoms with van der Waals surface area (Å²) in [5, 5.41) is -10.7. The van der Waals surface area contributed by atoms with Crippen LogP contribution in [0.15, 0.2) is 0 Å². The molecule has 0 aliphatic carbocycles. The molecule has 61 valence electrons. The molecule has 0 bridgehead atoms. The third-order valence-corrected chi connectivity index (χ3v) is 1.54. The number of hydrogen-bond donors (Lipinski definition) is 0. The van der Waals surface area contributed by atoms with Crippen LogP contribution in [0.5, 0.6) is 0 Å². The van der Waals surface area contributed by atoms with Crippen molar-refractivity contribution < 1.29 is 17.6 Å². The van der Waals surface area contributed by atoms with Gasteiger partial charge in [0, 0.05) is 0 Å². The van der Waals surface area contributed by atoms with E-state index in [1.54, 1.807) is 0 Å². The highest BCUT2D eigenvalue weighted by Gasteiger charge is 2.53. The number of rotatable bonds is 2. The number of halogens is 7. The fourth-order valence-electron chi connectivity index (χ4n) is 0.161. The normalized spacial score (nSPS) is 14.4. The van der Waals surface area contributed by atoms with Crippen molar-refractivity contribution in [2.24, 2.45) is 0 Å². The molecule has 0 unspecified atom stereocenters. The van der Waals surface area contributed by atoms with Crippen molar-refractivity contribution in [3.05, 3.63) is 5.38 Å². The minimum atomic E-state index is -4.28. The van der Waals surface area contributed by atoms with E-state index in [-0.39, 0.29) is 0 Å². The predicted molar refractivity (Wildman–Crippen MR) is 30.7 cm³/mol. The zero-order valence-corrected chi connectivity index (χ0v) is 6.41. The van der Waals surface area contributed by atoms with Crippen molar-refractivity contribution in [1.82, 2.24) is 0 Å². The molecular formula is C3Cl3F4. The molecule has 0 amide bonds. The molecule has 0 rings (SSSR count). The molecule has 1 radical (unpaired) electrons. The molecule has 0 nitrogen and oxygen atoms in total. The highest BCUT2D eigenvalue weighted by molar-refractivity contribution is 6.41. The van der Waals surface area contributed by atoms with Gasteiger partial charge in [0.2, 0.25) is 5.38 Å². The number of alkyl halides is 6. The van der Waals surface area contributed by atoms with Crippen LogP contribution < -0.4 is 0 Å². The smallest absolute Gasteiger partial charge is 0.186 e. The minimum Gasteiger partial charge on any atom is -0.186 e. The van der Waals surface area contributed by atoms with Crippen molar-refractivity contribution in [2.75, 3.05) is 0 Å². The predicted octanol–water partition coefficient (Wildman–Crippen LogP) is 3.42. The van der Waals surface area contributed by atoms with Crippen LogP contribution in [0.3, 0.4) is 0 Å². The summed E-state index contributed by atoms with van der Waals surface area (Å²) in [6.07, 6.45) is 0. The second-order valence-corrected chi connectivity index (χ2v) is 2.64. The summed E-state index contributed by atoms with van der Waals surface area (Å²) in [7, 11) is 0. The van der Waals surface area contributed by atoms with Gasteiger partial charge in [-0.2, -0.15) is 17.6 Å². The molecule has 7 heteroatoms. The topological polar surface area (TPSA) is 0 Å². The Hall–Kier alpha value is 0.590. The average Bonchev–Trinajstić information content (AvgIpc) is 1.59. The van der Waals surface area contributed by atoms with Gasteiger partial charge in [0.15, 0.2) is 0 Å². The second-order valence-electron chi connectivity index (χ2n) is 1.31. The van der Waals surface area contributed by atoms with Gasteiger partial charge in [-0.15, -0.1) is 11.6 Å². The van der Waals surface area contributed by atoms with Gasteiger partial charge in [0.1, 0.15) is 0 Å². The molecule has 10 heavy (non-hydrogen) atoms. The van der Waals surface area contributed by atoms with E-state index in [1.807, 2.05) is 0 Å². The Morgan fingerprint density at radius 3 is 1.10 bits per heavy atom. The van der Waals surface area contributed by atoms with E-state index in [4.69, 9.17) is 0 Å². The van der Waals surface area contributed by atoms with E-state index in [0.717, 1.165) is 0 Å². The molecule has 0 spiro atoms. The van der Waals surface area contributed by atoms with E-state index < -0.39 is 16.1 Å². The van der Waals surface area contributed by atoms with Crippen molar-refractivity contribution in [3.63, 3.8) is 0 Å². The van der Waals surface area contributed by atoms with Gasteiger partial charge in [0.05, 0.1) is 0 Å². The van der Waals surface area contributed by atoms with Gasteiger partial charge >= 0.3 is 10.8 Å². The lowest BCUT2D eigenvalue weighted by Crippen LogP contribution is -2.27. The van der Waals surface area contributed by atoms with Crippen LogP contribution in [0.25, 0.3) is 0 Å². The Kier molecular flexibility index (Phi) is 3.08. The Bertz CT molecular complexity index is 99.9. The zero-order chi connectivity index (χ0) is 8.58. The van der Waals surface area contributed by atoms with Crippen LogP contribution in [-0.4, -0.2) is 10.8 Å². The lowest BCUT2D eigenvalue weighted by atomic mass is 10.4. The third-order valence-electron chi connectivity index (χ3n) is 0.498. The van der Waals surface area contributed by atoms with Gasteiger partial charge in [-0.25, -0.2) is 0 Å². The SMILES string of the molecule is FC(F)(Cl)[C](Cl)C(F)(F)Cl. The van der Waals surface area contributed by atoms with Crippen LogP contribution in [-0.2, 0) is 0 Å². The van der Waals surface area contributed by atoms with Crippen molar-refractivity contribution in [1.29, 1.82) is 0 Å². The minimum absolute atomic E-state index is 2.09. The first-order valence-electron chi connectivity index (χ1n) is 1.82. The second kappa shape index (κ2) is 2.91. The van der Waals surface area contributed by atoms with Crippen LogP contribution in [0.4, 0.5) is 17.6 Å². The highest BCUT2D eigenvalue weighted by atomic mass is 35.5. The molecule has 0 aliphatic heterocycles. The quantitative estimate of drug-likeness (QED) is 0.492. The Morgan fingerprint density at radius 1 is 0.900 bits per heavy atom. The fraction of sp³-hybridized carbons (Fsp3) is 0.667. The molecule has 0 atom stereocenters. The van der Waals surface area contributed by atoms with Gasteiger partial charge in [-0.1, -0.05) is 0 Å². The Balaban J connectivity index is 4.23. The Labute approximate surface area is 69.0 Å². The van der Waals surface area contributed by atoms with Crippen molar-refractivity contribution in [3.8, 4) is 0 Å². The lowest BCUT2D eigenvalue weighted by Gasteiger charge is -2.17. The van der Waals surface area contributed by atoms with Crippen LogP contribution >= 0.6 is 34.8 Å². The van der Waals surface area contributed by atoms with Gasteiger partial charge < -0.3 is 0 Å². The Morgan fingerprint density at radius 2 is 1.10 bits per heavy atom. The van der Waals surface area contributed by atoms with E-state index in [9.17, 15) is 17.6 Å². The molecular weight excluding hydrogens is 218 g/mol. The first-order chi connectivity index (χ1) is 4.15. The van der Waals surface area contributed by atoms with Crippen LogP contribution in [0, 0.1) is 5.38 Å². The summed E-state index contributed by atoms with van der Waals surface area (Å²) in [5.41, 5.74) is 0. The summed E-state index contributed by atoms with van der Waals surface area (Å²) in [5.74, 6) is 0. The number of hydrogen-bond acceptors (Lipinski definition) is 0. The summed E-state index contributed by atoms with van der Waals surface area (Å²) in [6.45, 7) is 0. The molecule has 0 saturated heterocycles. The average molecular weight is 218 g/mol. The summed E-state index contributed by atoms with van der Waals surface area (Å²) >= 11 is 12.6. The van der Waals surface area contributed by atoms with Gasteiger partial charge in [-0.3, -0.25) is 0 Å². The maximum absolute atomic E-state index is 11.6. The van der Waals surface area contributed by atoms with Gasteiger partial charge in [0.25, 0.3) is 0 Å². The molecule has 0 aromatic heterocycles. The molecule has 0 saturated carbocycles. The van der Waals surface area contributed by atoms with E-state index in [0.29, 0.717) is 0 Å². The van der Waals surface area contributed by atoms with E-state index >= 15 is 0 Å². The maximum Gasteiger partial charge on any atom is 0.350 e. The monoisotopic (exact) mass is 217 g/mol.